The number of hydrogen-bond acceptors (Lipinski definition) is 0. The molecule has 0 saturated carbocycles. The molecule has 1 rings (SSSR count). The second-order valence-corrected chi connectivity index (χ2v) is 2.23. The molecule has 0 amide bonds. The maximum absolute atomic E-state index is 12.8. The van der Waals surface area contributed by atoms with Crippen LogP contribution in [0.2, 0.25) is 0 Å². The van der Waals surface area contributed by atoms with E-state index in [2.05, 4.69) is 0 Å². The summed E-state index contributed by atoms with van der Waals surface area (Å²) in [5, 5.41) is 10.00. The minimum absolute atomic E-state index is 0.229. The van der Waals surface area contributed by atoms with E-state index in [9.17, 15) is 13.9 Å². The molecule has 12 heavy (non-hydrogen) atoms. The van der Waals surface area contributed by atoms with Gasteiger partial charge in [0.15, 0.2) is 0 Å². The maximum atomic E-state index is 12.8. The van der Waals surface area contributed by atoms with E-state index in [0.29, 0.717) is 0 Å². The van der Waals surface area contributed by atoms with Gasteiger partial charge in [0.1, 0.15) is 18.2 Å². The lowest BCUT2D eigenvalue weighted by Gasteiger charge is -1.95. The summed E-state index contributed by atoms with van der Waals surface area (Å²) in [4.78, 5) is 0. The zero-order valence-corrected chi connectivity index (χ0v) is 6.26. The minimum Gasteiger partial charge on any atom is -0.232 e. The van der Waals surface area contributed by atoms with Crippen LogP contribution in [0.3, 0.4) is 0 Å². The predicted octanol–water partition coefficient (Wildman–Crippen LogP) is 2.41. The van der Waals surface area contributed by atoms with E-state index >= 15 is 0 Å². The largest absolute Gasteiger partial charge is 0.232 e. The van der Waals surface area contributed by atoms with Crippen molar-refractivity contribution in [3.8, 4) is 0 Å². The van der Waals surface area contributed by atoms with Crippen molar-refractivity contribution in [2.75, 3.05) is 6.61 Å². The van der Waals surface area contributed by atoms with Crippen molar-refractivity contribution in [1.82, 2.24) is 0 Å². The van der Waals surface area contributed by atoms with Crippen LogP contribution < -0.4 is 0 Å². The molecule has 0 bridgehead atoms. The third-order valence-electron chi connectivity index (χ3n) is 1.36. The van der Waals surface area contributed by atoms with Crippen molar-refractivity contribution in [3.05, 3.63) is 41.5 Å². The van der Waals surface area contributed by atoms with Crippen molar-refractivity contribution in [2.24, 2.45) is 0 Å². The molecule has 1 aromatic carbocycles. The molecular weight excluding hydrogens is 162 g/mol. The van der Waals surface area contributed by atoms with Gasteiger partial charge in [0.05, 0.1) is 0 Å². The van der Waals surface area contributed by atoms with E-state index < -0.39 is 18.2 Å². The van der Waals surface area contributed by atoms with Gasteiger partial charge in [0, 0.05) is 11.6 Å². The van der Waals surface area contributed by atoms with Crippen LogP contribution >= 0.6 is 0 Å². The van der Waals surface area contributed by atoms with Gasteiger partial charge in [-0.1, -0.05) is 12.2 Å². The molecule has 0 spiro atoms. The molecular formula is C9H7F2O. The molecule has 0 atom stereocenters. The Labute approximate surface area is 69.0 Å². The first-order valence-electron chi connectivity index (χ1n) is 3.43. The van der Waals surface area contributed by atoms with Gasteiger partial charge >= 0.3 is 0 Å². The van der Waals surface area contributed by atoms with E-state index in [1.54, 1.807) is 0 Å². The van der Waals surface area contributed by atoms with Gasteiger partial charge in [-0.05, 0) is 12.1 Å². The van der Waals surface area contributed by atoms with Gasteiger partial charge in [-0.3, -0.25) is 0 Å². The van der Waals surface area contributed by atoms with E-state index in [1.807, 2.05) is 0 Å². The van der Waals surface area contributed by atoms with Crippen LogP contribution in [0.5, 0.6) is 0 Å². The molecule has 0 saturated heterocycles. The summed E-state index contributed by atoms with van der Waals surface area (Å²) < 4.78 is 25.1. The molecule has 1 radical (unpaired) electrons. The summed E-state index contributed by atoms with van der Waals surface area (Å²) in [6.07, 6.45) is 2.61. The summed E-state index contributed by atoms with van der Waals surface area (Å²) in [6, 6.07) is 3.22. The molecule has 63 valence electrons. The topological polar surface area (TPSA) is 19.9 Å². The van der Waals surface area contributed by atoms with Crippen molar-refractivity contribution < 1.29 is 13.9 Å². The zero-order chi connectivity index (χ0) is 8.97. The van der Waals surface area contributed by atoms with Crippen LogP contribution in [0, 0.1) is 11.6 Å². The SMILES string of the molecule is [O]C/C=C/c1ccc(F)cc1F. The normalized spacial score (nSPS) is 10.9. The van der Waals surface area contributed by atoms with E-state index in [1.165, 1.54) is 18.2 Å². The first-order valence-corrected chi connectivity index (χ1v) is 3.43. The van der Waals surface area contributed by atoms with Crippen molar-refractivity contribution in [3.63, 3.8) is 0 Å². The van der Waals surface area contributed by atoms with E-state index in [-0.39, 0.29) is 5.56 Å². The van der Waals surface area contributed by atoms with E-state index in [0.717, 1.165) is 12.1 Å². The van der Waals surface area contributed by atoms with Crippen LogP contribution in [0.4, 0.5) is 8.78 Å². The number of halogens is 2. The van der Waals surface area contributed by atoms with Crippen LogP contribution in [0.1, 0.15) is 5.56 Å². The first-order chi connectivity index (χ1) is 5.74. The second-order valence-electron chi connectivity index (χ2n) is 2.23. The summed E-state index contributed by atoms with van der Waals surface area (Å²) in [5.74, 6) is -1.27. The molecule has 0 aromatic heterocycles. The summed E-state index contributed by atoms with van der Waals surface area (Å²) in [6.45, 7) is -0.406. The van der Waals surface area contributed by atoms with Gasteiger partial charge < -0.3 is 0 Å². The molecule has 0 fully saturated rings. The Hall–Kier alpha value is -1.22. The summed E-state index contributed by atoms with van der Waals surface area (Å²) in [5.41, 5.74) is 0.229. The highest BCUT2D eigenvalue weighted by Gasteiger charge is 1.98. The van der Waals surface area contributed by atoms with Gasteiger partial charge in [-0.25, -0.2) is 13.9 Å². The Morgan fingerprint density at radius 3 is 2.67 bits per heavy atom. The van der Waals surface area contributed by atoms with Gasteiger partial charge in [-0.15, -0.1) is 0 Å². The fraction of sp³-hybridized carbons (Fsp3) is 0.111. The summed E-state index contributed by atoms with van der Waals surface area (Å²) in [7, 11) is 0. The smallest absolute Gasteiger partial charge is 0.133 e. The van der Waals surface area contributed by atoms with Crippen molar-refractivity contribution in [2.45, 2.75) is 0 Å². The third kappa shape index (κ3) is 2.13. The van der Waals surface area contributed by atoms with Gasteiger partial charge in [0.2, 0.25) is 0 Å². The van der Waals surface area contributed by atoms with Crippen LogP contribution in [0.25, 0.3) is 6.08 Å². The zero-order valence-electron chi connectivity index (χ0n) is 6.26. The Morgan fingerprint density at radius 1 is 1.33 bits per heavy atom. The summed E-state index contributed by atoms with van der Waals surface area (Å²) >= 11 is 0. The number of rotatable bonds is 2. The first kappa shape index (κ1) is 8.87. The monoisotopic (exact) mass is 169 g/mol. The Balaban J connectivity index is 2.94. The fourth-order valence-electron chi connectivity index (χ4n) is 0.812. The molecule has 1 nitrogen and oxygen atoms in total. The van der Waals surface area contributed by atoms with Crippen LogP contribution in [0.15, 0.2) is 24.3 Å². The molecule has 0 N–H and O–H groups in total. The van der Waals surface area contributed by atoms with Gasteiger partial charge in [-0.2, -0.15) is 0 Å². The standard InChI is InChI=1S/C9H7F2O/c10-8-4-3-7(2-1-5-12)9(11)6-8/h1-4,6H,5H2/b2-1+. The Morgan fingerprint density at radius 2 is 2.08 bits per heavy atom. The molecule has 0 unspecified atom stereocenters. The average molecular weight is 169 g/mol. The highest BCUT2D eigenvalue weighted by atomic mass is 19.1. The maximum Gasteiger partial charge on any atom is 0.133 e. The van der Waals surface area contributed by atoms with Gasteiger partial charge in [0.25, 0.3) is 0 Å². The molecule has 0 aliphatic heterocycles. The lowest BCUT2D eigenvalue weighted by molar-refractivity contribution is 0.233. The lowest BCUT2D eigenvalue weighted by Crippen LogP contribution is -1.83. The van der Waals surface area contributed by atoms with E-state index in [4.69, 9.17) is 0 Å². The van der Waals surface area contributed by atoms with Crippen molar-refractivity contribution >= 4 is 6.08 Å². The fourth-order valence-corrected chi connectivity index (χ4v) is 0.812. The van der Waals surface area contributed by atoms with Crippen LogP contribution in [-0.2, 0) is 5.11 Å². The third-order valence-corrected chi connectivity index (χ3v) is 1.36. The van der Waals surface area contributed by atoms with Crippen LogP contribution in [-0.4, -0.2) is 6.61 Å². The number of benzene rings is 1. The molecule has 0 aliphatic rings. The Kier molecular flexibility index (Phi) is 2.94. The highest BCUT2D eigenvalue weighted by Crippen LogP contribution is 2.10. The Bertz CT molecular complexity index is 295. The molecule has 0 aliphatic carbocycles. The average Bonchev–Trinajstić information content (AvgIpc) is 2.03. The molecule has 0 heterocycles. The highest BCUT2D eigenvalue weighted by molar-refractivity contribution is 5.49. The quantitative estimate of drug-likeness (QED) is 0.647. The molecule has 1 aromatic rings. The lowest BCUT2D eigenvalue weighted by atomic mass is 10.2. The predicted molar refractivity (Wildman–Crippen MR) is 40.9 cm³/mol. The second kappa shape index (κ2) is 3.97. The van der Waals surface area contributed by atoms with Crippen molar-refractivity contribution in [1.29, 1.82) is 0 Å². The minimum atomic E-state index is -0.653. The molecule has 3 heteroatoms. The number of hydrogen-bond donors (Lipinski definition) is 0.